The number of ether oxygens (including phenoxy) is 1. The number of benzene rings is 3. The number of nitrogens with one attached hydrogen (secondary N) is 4. The normalized spacial score (nSPS) is 20.8. The van der Waals surface area contributed by atoms with Gasteiger partial charge in [-0.15, -0.1) is 0 Å². The van der Waals surface area contributed by atoms with Crippen molar-refractivity contribution in [3.05, 3.63) is 133 Å². The van der Waals surface area contributed by atoms with Crippen LogP contribution in [-0.2, 0) is 4.79 Å². The van der Waals surface area contributed by atoms with Crippen LogP contribution in [0.1, 0.15) is 42.9 Å². The summed E-state index contributed by atoms with van der Waals surface area (Å²) in [5.74, 6) is 1.05. The van der Waals surface area contributed by atoms with Gasteiger partial charge < -0.3 is 45.7 Å². The number of aliphatic hydroxyl groups excluding tert-OH is 2. The largest absolute Gasteiger partial charge is 0.481 e. The summed E-state index contributed by atoms with van der Waals surface area (Å²) in [5, 5.41) is 35.0. The Morgan fingerprint density at radius 3 is 2.28 bits per heavy atom. The minimum Gasteiger partial charge on any atom is -0.481 e. The lowest BCUT2D eigenvalue weighted by Crippen LogP contribution is -2.47. The number of hydrogen-bond donors (Lipinski definition) is 6. The first-order chi connectivity index (χ1) is 28.3. The van der Waals surface area contributed by atoms with Crippen molar-refractivity contribution in [2.24, 2.45) is 0 Å². The smallest absolute Gasteiger partial charge is 0.319 e. The number of aromatic nitrogens is 5. The van der Waals surface area contributed by atoms with Crippen molar-refractivity contribution < 1.29 is 24.5 Å². The van der Waals surface area contributed by atoms with Gasteiger partial charge in [-0.1, -0.05) is 78.9 Å². The maximum atomic E-state index is 13.2. The Morgan fingerprint density at radius 1 is 0.879 bits per heavy atom. The Labute approximate surface area is 335 Å². The number of nitrogens with zero attached hydrogens (tertiary/aromatic N) is 6. The standard InChI is InChI=1S/C43H46N10O5/c1-27(58-32-17-9-4-10-18-32)41(56)49-34-22-35(38(55)37(34)54)53-26-46-36-39(45-24-33(28-12-5-2-6-13-28)29-14-7-3-8-15-29)50-42(51-40(36)53)52-21-19-31(25-52)48-43(57)47-30-16-11-20-44-23-30/h2-18,20,23,26-27,31,33-35,37-38,54-55H,19,21-22,24-25H2,1H3,(H,49,56)(H,45,50,51)(H2,47,48,57)/t27?,31?,34-,35+,37+,38-/m0/s1. The molecule has 3 aromatic heterocycles. The van der Waals surface area contributed by atoms with Crippen LogP contribution in [0.25, 0.3) is 11.2 Å². The fourth-order valence-electron chi connectivity index (χ4n) is 7.74. The van der Waals surface area contributed by atoms with Crippen LogP contribution in [0.5, 0.6) is 5.75 Å². The van der Waals surface area contributed by atoms with Crippen LogP contribution in [-0.4, -0.2) is 96.7 Å². The zero-order valence-electron chi connectivity index (χ0n) is 31.9. The molecular weight excluding hydrogens is 737 g/mol. The number of rotatable bonds is 13. The zero-order chi connectivity index (χ0) is 40.0. The van der Waals surface area contributed by atoms with E-state index in [1.807, 2.05) is 59.5 Å². The highest BCUT2D eigenvalue weighted by molar-refractivity contribution is 5.89. The van der Waals surface area contributed by atoms with E-state index < -0.39 is 36.3 Å². The molecule has 6 atom stereocenters. The Morgan fingerprint density at radius 2 is 1.59 bits per heavy atom. The Balaban J connectivity index is 1.06. The Hall–Kier alpha value is -6.58. The highest BCUT2D eigenvalue weighted by Gasteiger charge is 2.44. The lowest BCUT2D eigenvalue weighted by atomic mass is 9.91. The molecule has 15 heteroatoms. The maximum Gasteiger partial charge on any atom is 0.319 e. The molecule has 6 N–H and O–H groups in total. The van der Waals surface area contributed by atoms with Crippen molar-refractivity contribution in [3.63, 3.8) is 0 Å². The number of anilines is 3. The third-order valence-electron chi connectivity index (χ3n) is 10.8. The molecule has 0 bridgehead atoms. The molecule has 298 valence electrons. The predicted octanol–water partition coefficient (Wildman–Crippen LogP) is 4.48. The lowest BCUT2D eigenvalue weighted by Gasteiger charge is -2.22. The second-order valence-electron chi connectivity index (χ2n) is 14.7. The van der Waals surface area contributed by atoms with Crippen molar-refractivity contribution in [3.8, 4) is 5.75 Å². The van der Waals surface area contributed by atoms with Crippen molar-refractivity contribution in [2.45, 2.75) is 62.1 Å². The molecule has 1 aliphatic carbocycles. The van der Waals surface area contributed by atoms with Crippen LogP contribution in [0, 0.1) is 0 Å². The minimum absolute atomic E-state index is 0.0129. The van der Waals surface area contributed by atoms with Gasteiger partial charge in [0.05, 0.1) is 30.3 Å². The van der Waals surface area contributed by atoms with E-state index in [0.717, 1.165) is 11.1 Å². The molecule has 0 spiro atoms. The topological polar surface area (TPSA) is 192 Å². The number of aliphatic hydroxyl groups is 2. The molecule has 4 heterocycles. The summed E-state index contributed by atoms with van der Waals surface area (Å²) in [7, 11) is 0. The molecule has 2 unspecified atom stereocenters. The first kappa shape index (κ1) is 38.3. The fraction of sp³-hybridized carbons (Fsp3) is 0.302. The molecule has 0 radical (unpaired) electrons. The third-order valence-corrected chi connectivity index (χ3v) is 10.8. The zero-order valence-corrected chi connectivity index (χ0v) is 31.9. The van der Waals surface area contributed by atoms with Gasteiger partial charge in [0, 0.05) is 37.8 Å². The van der Waals surface area contributed by atoms with Gasteiger partial charge in [0.2, 0.25) is 5.95 Å². The molecule has 1 saturated carbocycles. The summed E-state index contributed by atoms with van der Waals surface area (Å²) in [6.07, 6.45) is 2.38. The van der Waals surface area contributed by atoms with Crippen molar-refractivity contribution in [1.29, 1.82) is 0 Å². The molecule has 6 aromatic rings. The third kappa shape index (κ3) is 8.55. The van der Waals surface area contributed by atoms with E-state index in [1.54, 1.807) is 54.5 Å². The molecule has 58 heavy (non-hydrogen) atoms. The molecule has 2 fully saturated rings. The predicted molar refractivity (Wildman–Crippen MR) is 220 cm³/mol. The van der Waals surface area contributed by atoms with E-state index in [4.69, 9.17) is 19.7 Å². The lowest BCUT2D eigenvalue weighted by molar-refractivity contribution is -0.128. The van der Waals surface area contributed by atoms with Crippen LogP contribution in [0.4, 0.5) is 22.2 Å². The summed E-state index contributed by atoms with van der Waals surface area (Å²) in [6, 6.07) is 31.1. The molecule has 3 aromatic carbocycles. The van der Waals surface area contributed by atoms with E-state index in [2.05, 4.69) is 50.5 Å². The van der Waals surface area contributed by atoms with E-state index in [1.165, 1.54) is 0 Å². The van der Waals surface area contributed by atoms with Crippen LogP contribution in [0.3, 0.4) is 0 Å². The second-order valence-corrected chi connectivity index (χ2v) is 14.7. The van der Waals surface area contributed by atoms with Crippen LogP contribution < -0.4 is 30.9 Å². The quantitative estimate of drug-likeness (QED) is 0.0969. The molecular formula is C43H46N10O5. The van der Waals surface area contributed by atoms with Gasteiger partial charge in [0.15, 0.2) is 23.1 Å². The van der Waals surface area contributed by atoms with Crippen molar-refractivity contribution in [2.75, 3.05) is 35.2 Å². The van der Waals surface area contributed by atoms with Crippen LogP contribution in [0.15, 0.2) is 122 Å². The van der Waals surface area contributed by atoms with Crippen LogP contribution >= 0.6 is 0 Å². The average molecular weight is 783 g/mol. The van der Waals surface area contributed by atoms with Crippen molar-refractivity contribution in [1.82, 2.24) is 35.1 Å². The molecule has 1 aliphatic heterocycles. The fourth-order valence-corrected chi connectivity index (χ4v) is 7.74. The van der Waals surface area contributed by atoms with Gasteiger partial charge in [-0.25, -0.2) is 9.78 Å². The van der Waals surface area contributed by atoms with Crippen LogP contribution in [0.2, 0.25) is 0 Å². The van der Waals surface area contributed by atoms with Gasteiger partial charge >= 0.3 is 6.03 Å². The number of fused-ring (bicyclic) bond motifs is 1. The first-order valence-corrected chi connectivity index (χ1v) is 19.5. The summed E-state index contributed by atoms with van der Waals surface area (Å²) < 4.78 is 7.56. The summed E-state index contributed by atoms with van der Waals surface area (Å²) in [6.45, 7) is 3.17. The number of carbonyl (C=O) groups is 2. The Kier molecular flexibility index (Phi) is 11.4. The number of para-hydroxylation sites is 1. The highest BCUT2D eigenvalue weighted by Crippen LogP contribution is 2.36. The summed E-state index contributed by atoms with van der Waals surface area (Å²) >= 11 is 0. The molecule has 2 aliphatic rings. The molecule has 3 amide bonds. The van der Waals surface area contributed by atoms with Gasteiger partial charge in [-0.3, -0.25) is 9.78 Å². The monoisotopic (exact) mass is 782 g/mol. The Bertz CT molecular complexity index is 2260. The summed E-state index contributed by atoms with van der Waals surface area (Å²) in [5.41, 5.74) is 3.81. The van der Waals surface area contributed by atoms with E-state index in [0.29, 0.717) is 60.4 Å². The number of carbonyl (C=O) groups excluding carboxylic acids is 2. The molecule has 15 nitrogen and oxygen atoms in total. The number of amides is 3. The SMILES string of the molecule is CC(Oc1ccccc1)C(=O)N[C@H]1C[C@@H](n2cnc3c(NCC(c4ccccc4)c4ccccc4)nc(N4CCC(NC(=O)Nc5cccnc5)C4)nc32)[C@H](O)[C@@H]1O. The van der Waals surface area contributed by atoms with Gasteiger partial charge in [0.25, 0.3) is 5.91 Å². The average Bonchev–Trinajstić information content (AvgIpc) is 3.97. The minimum atomic E-state index is -1.25. The molecule has 1 saturated heterocycles. The number of pyridine rings is 1. The van der Waals surface area contributed by atoms with Gasteiger partial charge in [-0.05, 0) is 55.2 Å². The molecule has 8 rings (SSSR count). The maximum absolute atomic E-state index is 13.2. The van der Waals surface area contributed by atoms with Gasteiger partial charge in [-0.2, -0.15) is 9.97 Å². The van der Waals surface area contributed by atoms with E-state index in [9.17, 15) is 19.8 Å². The van der Waals surface area contributed by atoms with Crippen molar-refractivity contribution >= 4 is 40.6 Å². The summed E-state index contributed by atoms with van der Waals surface area (Å²) in [4.78, 5) is 46.9. The van der Waals surface area contributed by atoms with Gasteiger partial charge in [0.1, 0.15) is 18.0 Å². The number of hydrogen-bond acceptors (Lipinski definition) is 11. The number of imidazole rings is 1. The van der Waals surface area contributed by atoms with E-state index in [-0.39, 0.29) is 24.4 Å². The highest BCUT2D eigenvalue weighted by atomic mass is 16.5. The number of urea groups is 1. The second kappa shape index (κ2) is 17.3. The first-order valence-electron chi connectivity index (χ1n) is 19.5. The van der Waals surface area contributed by atoms with E-state index >= 15 is 0 Å².